The van der Waals surface area contributed by atoms with Gasteiger partial charge in [0.05, 0.1) is 30.0 Å². The van der Waals surface area contributed by atoms with Crippen molar-refractivity contribution in [1.29, 1.82) is 0 Å². The predicted molar refractivity (Wildman–Crippen MR) is 68.1 cm³/mol. The summed E-state index contributed by atoms with van der Waals surface area (Å²) in [7, 11) is 0. The van der Waals surface area contributed by atoms with E-state index >= 15 is 0 Å². The highest BCUT2D eigenvalue weighted by Crippen LogP contribution is 2.40. The van der Waals surface area contributed by atoms with Crippen LogP contribution in [0.15, 0.2) is 5.38 Å². The summed E-state index contributed by atoms with van der Waals surface area (Å²) in [6.45, 7) is 0.312. The van der Waals surface area contributed by atoms with E-state index in [0.29, 0.717) is 12.4 Å². The molecule has 4 nitrogen and oxygen atoms in total. The molecule has 2 unspecified atom stereocenters. The van der Waals surface area contributed by atoms with Crippen LogP contribution in [0.2, 0.25) is 0 Å². The maximum absolute atomic E-state index is 12.1. The third-order valence-electron chi connectivity index (χ3n) is 3.71. The lowest BCUT2D eigenvalue weighted by Crippen LogP contribution is -2.31. The lowest BCUT2D eigenvalue weighted by molar-refractivity contribution is -0.141. The van der Waals surface area contributed by atoms with Crippen LogP contribution in [-0.4, -0.2) is 21.7 Å². The van der Waals surface area contributed by atoms with Gasteiger partial charge in [0.2, 0.25) is 11.8 Å². The average Bonchev–Trinajstić information content (AvgIpc) is 3.06. The van der Waals surface area contributed by atoms with E-state index in [-0.39, 0.29) is 23.7 Å². The molecule has 1 saturated heterocycles. The Morgan fingerprint density at radius 2 is 2.00 bits per heavy atom. The van der Waals surface area contributed by atoms with Crippen molar-refractivity contribution in [2.75, 3.05) is 0 Å². The predicted octanol–water partition coefficient (Wildman–Crippen LogP) is 2.17. The van der Waals surface area contributed by atoms with Gasteiger partial charge in [-0.05, 0) is 12.8 Å². The number of nitrogens with zero attached hydrogens (tertiary/aromatic N) is 2. The van der Waals surface area contributed by atoms with Crippen molar-refractivity contribution in [3.05, 3.63) is 16.1 Å². The Hall–Kier alpha value is -0.940. The van der Waals surface area contributed by atoms with Crippen LogP contribution in [0.5, 0.6) is 0 Å². The standard InChI is InChI=1S/C12H13ClN2O2S/c13-4-7-6-18-10(14-7)5-15-11(16)8-2-1-3-9(8)12(15)17/h6,8-9H,1-5H2. The normalized spacial score (nSPS) is 27.1. The van der Waals surface area contributed by atoms with E-state index in [1.807, 2.05) is 5.38 Å². The van der Waals surface area contributed by atoms with Crippen molar-refractivity contribution >= 4 is 34.8 Å². The van der Waals surface area contributed by atoms with Crippen LogP contribution in [0.1, 0.15) is 30.0 Å². The highest BCUT2D eigenvalue weighted by molar-refractivity contribution is 7.09. The molecule has 1 aliphatic carbocycles. The zero-order valence-electron chi connectivity index (χ0n) is 9.76. The number of aromatic nitrogens is 1. The molecule has 0 radical (unpaired) electrons. The SMILES string of the molecule is O=C1C2CCCC2C(=O)N1Cc1nc(CCl)cs1. The largest absolute Gasteiger partial charge is 0.275 e. The molecule has 18 heavy (non-hydrogen) atoms. The number of amides is 2. The van der Waals surface area contributed by atoms with Crippen LogP contribution in [0.4, 0.5) is 0 Å². The molecule has 3 rings (SSSR count). The molecule has 2 aliphatic rings. The van der Waals surface area contributed by atoms with E-state index in [0.717, 1.165) is 30.0 Å². The first-order chi connectivity index (χ1) is 8.70. The van der Waals surface area contributed by atoms with E-state index in [9.17, 15) is 9.59 Å². The van der Waals surface area contributed by atoms with Crippen molar-refractivity contribution in [2.45, 2.75) is 31.7 Å². The number of carbonyl (C=O) groups is 2. The number of likely N-dealkylation sites (tertiary alicyclic amines) is 1. The van der Waals surface area contributed by atoms with Gasteiger partial charge in [-0.3, -0.25) is 14.5 Å². The number of imide groups is 1. The second-order valence-electron chi connectivity index (χ2n) is 4.77. The Bertz CT molecular complexity index is 480. The molecule has 2 fully saturated rings. The van der Waals surface area contributed by atoms with Crippen molar-refractivity contribution in [2.24, 2.45) is 11.8 Å². The zero-order valence-corrected chi connectivity index (χ0v) is 11.3. The summed E-state index contributed by atoms with van der Waals surface area (Å²) in [5.41, 5.74) is 0.802. The second kappa shape index (κ2) is 4.63. The van der Waals surface area contributed by atoms with Gasteiger partial charge < -0.3 is 0 Å². The van der Waals surface area contributed by atoms with E-state index in [2.05, 4.69) is 4.98 Å². The van der Waals surface area contributed by atoms with Crippen LogP contribution < -0.4 is 0 Å². The van der Waals surface area contributed by atoms with Gasteiger partial charge >= 0.3 is 0 Å². The Balaban J connectivity index is 1.77. The Morgan fingerprint density at radius 1 is 1.33 bits per heavy atom. The summed E-state index contributed by atoms with van der Waals surface area (Å²) in [6.07, 6.45) is 2.71. The number of fused-ring (bicyclic) bond motifs is 1. The van der Waals surface area contributed by atoms with Gasteiger partial charge in [-0.15, -0.1) is 22.9 Å². The molecular formula is C12H13ClN2O2S. The van der Waals surface area contributed by atoms with E-state index in [1.54, 1.807) is 0 Å². The van der Waals surface area contributed by atoms with Crippen LogP contribution in [-0.2, 0) is 22.0 Å². The number of halogens is 1. The first kappa shape index (κ1) is 12.1. The molecule has 2 amide bonds. The highest BCUT2D eigenvalue weighted by Gasteiger charge is 2.49. The van der Waals surface area contributed by atoms with E-state index < -0.39 is 0 Å². The fraction of sp³-hybridized carbons (Fsp3) is 0.583. The minimum absolute atomic E-state index is 0.00914. The minimum atomic E-state index is -0.0649. The van der Waals surface area contributed by atoms with Gasteiger partial charge in [-0.1, -0.05) is 6.42 Å². The van der Waals surface area contributed by atoms with Gasteiger partial charge in [0.1, 0.15) is 5.01 Å². The molecule has 2 heterocycles. The molecule has 0 bridgehead atoms. The van der Waals surface area contributed by atoms with Crippen molar-refractivity contribution in [3.63, 3.8) is 0 Å². The van der Waals surface area contributed by atoms with Gasteiger partial charge in [0.15, 0.2) is 0 Å². The molecule has 1 aromatic heterocycles. The maximum atomic E-state index is 12.1. The van der Waals surface area contributed by atoms with Crippen LogP contribution in [0, 0.1) is 11.8 Å². The fourth-order valence-electron chi connectivity index (χ4n) is 2.83. The molecule has 0 spiro atoms. The average molecular weight is 285 g/mol. The van der Waals surface area contributed by atoms with Crippen molar-refractivity contribution in [1.82, 2.24) is 9.88 Å². The quantitative estimate of drug-likeness (QED) is 0.631. The molecule has 1 aromatic rings. The molecule has 96 valence electrons. The third kappa shape index (κ3) is 1.86. The molecule has 0 N–H and O–H groups in total. The van der Waals surface area contributed by atoms with Crippen LogP contribution in [0.25, 0.3) is 0 Å². The molecule has 0 aromatic carbocycles. The molecule has 6 heteroatoms. The monoisotopic (exact) mass is 284 g/mol. The molecular weight excluding hydrogens is 272 g/mol. The third-order valence-corrected chi connectivity index (χ3v) is 4.87. The Morgan fingerprint density at radius 3 is 2.56 bits per heavy atom. The number of rotatable bonds is 3. The first-order valence-electron chi connectivity index (χ1n) is 6.05. The van der Waals surface area contributed by atoms with Gasteiger partial charge in [0.25, 0.3) is 0 Å². The summed E-state index contributed by atoms with van der Waals surface area (Å²) in [5.74, 6) is 0.217. The van der Waals surface area contributed by atoms with Crippen LogP contribution >= 0.6 is 22.9 Å². The zero-order chi connectivity index (χ0) is 12.7. The topological polar surface area (TPSA) is 50.3 Å². The Kier molecular flexibility index (Phi) is 3.11. The number of hydrogen-bond donors (Lipinski definition) is 0. The minimum Gasteiger partial charge on any atom is -0.275 e. The lowest BCUT2D eigenvalue weighted by Gasteiger charge is -2.13. The number of hydrogen-bond acceptors (Lipinski definition) is 4. The van der Waals surface area contributed by atoms with Gasteiger partial charge in [0, 0.05) is 5.38 Å². The molecule has 1 saturated carbocycles. The fourth-order valence-corrected chi connectivity index (χ4v) is 3.84. The maximum Gasteiger partial charge on any atom is 0.233 e. The van der Waals surface area contributed by atoms with Crippen molar-refractivity contribution in [3.8, 4) is 0 Å². The molecule has 2 atom stereocenters. The highest BCUT2D eigenvalue weighted by atomic mass is 35.5. The first-order valence-corrected chi connectivity index (χ1v) is 7.46. The summed E-state index contributed by atoms with van der Waals surface area (Å²) in [5, 5.41) is 2.65. The van der Waals surface area contributed by atoms with E-state index in [4.69, 9.17) is 11.6 Å². The Labute approximate surface area is 114 Å². The number of thiazole rings is 1. The number of alkyl halides is 1. The summed E-state index contributed by atoms with van der Waals surface area (Å²) >= 11 is 7.14. The lowest BCUT2D eigenvalue weighted by atomic mass is 10.00. The molecule has 1 aliphatic heterocycles. The van der Waals surface area contributed by atoms with E-state index in [1.165, 1.54) is 16.2 Å². The summed E-state index contributed by atoms with van der Waals surface area (Å²) < 4.78 is 0. The second-order valence-corrected chi connectivity index (χ2v) is 5.98. The van der Waals surface area contributed by atoms with Crippen LogP contribution in [0.3, 0.4) is 0 Å². The van der Waals surface area contributed by atoms with Gasteiger partial charge in [-0.2, -0.15) is 0 Å². The summed E-state index contributed by atoms with van der Waals surface area (Å²) in [6, 6.07) is 0. The summed E-state index contributed by atoms with van der Waals surface area (Å²) in [4.78, 5) is 29.9. The van der Waals surface area contributed by atoms with Gasteiger partial charge in [-0.25, -0.2) is 4.98 Å². The van der Waals surface area contributed by atoms with Crippen molar-refractivity contribution < 1.29 is 9.59 Å². The smallest absolute Gasteiger partial charge is 0.233 e. The number of carbonyl (C=O) groups excluding carboxylic acids is 2.